The first-order chi connectivity index (χ1) is 27.7. The van der Waals surface area contributed by atoms with Crippen molar-refractivity contribution in [2.24, 2.45) is 0 Å². The van der Waals surface area contributed by atoms with Gasteiger partial charge in [-0.2, -0.15) is 0 Å². The quantitative estimate of drug-likeness (QED) is 0.184. The maximum atomic E-state index is 9.00. The molecule has 3 aromatic heterocycles. The lowest BCUT2D eigenvalue weighted by atomic mass is 9.98. The lowest BCUT2D eigenvalue weighted by Gasteiger charge is -2.11. The SMILES string of the molecule is [2H]c1c([2H])c([2H])c2c(sc3c([2H])c([2H])c([2H])c(-c4ccc(-c5nc(-c6ccc(-c7ccccc7)cc6)nc(-c6cccc7oc8ccccc8c67)n5)cc4)c32)c1[2H]. The van der Waals surface area contributed by atoms with Crippen LogP contribution in [-0.2, 0) is 0 Å². The zero-order chi connectivity index (χ0) is 39.1. The molecule has 0 spiro atoms. The van der Waals surface area contributed by atoms with E-state index in [1.165, 1.54) is 0 Å². The third-order valence-electron chi connectivity index (χ3n) is 8.91. The topological polar surface area (TPSA) is 51.8 Å². The van der Waals surface area contributed by atoms with Gasteiger partial charge in [-0.25, -0.2) is 15.0 Å². The zero-order valence-electron chi connectivity index (χ0n) is 33.2. The van der Waals surface area contributed by atoms with Gasteiger partial charge in [-0.1, -0.05) is 139 Å². The number of benzene rings is 7. The average molecular weight is 665 g/mol. The smallest absolute Gasteiger partial charge is 0.164 e. The van der Waals surface area contributed by atoms with E-state index in [-0.39, 0.29) is 46.3 Å². The Hall–Kier alpha value is -6.43. The molecule has 0 aliphatic rings. The first-order valence-corrected chi connectivity index (χ1v) is 16.8. The monoisotopic (exact) mass is 664 g/mol. The number of hydrogen-bond donors (Lipinski definition) is 0. The molecular weight excluding hydrogens is 631 g/mol. The third kappa shape index (κ3) is 4.79. The Labute approximate surface area is 301 Å². The lowest BCUT2D eigenvalue weighted by Crippen LogP contribution is -2.00. The highest BCUT2D eigenvalue weighted by Crippen LogP contribution is 2.41. The molecule has 7 aromatic carbocycles. The number of aromatic nitrogens is 3. The third-order valence-corrected chi connectivity index (χ3v) is 9.93. The largest absolute Gasteiger partial charge is 0.456 e. The van der Waals surface area contributed by atoms with Crippen LogP contribution in [0.25, 0.3) is 98.5 Å². The van der Waals surface area contributed by atoms with E-state index in [1.807, 2.05) is 97.1 Å². The first kappa shape index (κ1) is 22.3. The Bertz CT molecular complexity index is 3260. The van der Waals surface area contributed by atoms with Gasteiger partial charge in [0.2, 0.25) is 0 Å². The van der Waals surface area contributed by atoms with Crippen molar-refractivity contribution in [3.63, 3.8) is 0 Å². The highest BCUT2D eigenvalue weighted by molar-refractivity contribution is 7.25. The Morgan fingerprint density at radius 2 is 1.04 bits per heavy atom. The summed E-state index contributed by atoms with van der Waals surface area (Å²) in [6.07, 6.45) is 0. The predicted molar refractivity (Wildman–Crippen MR) is 207 cm³/mol. The molecule has 0 fully saturated rings. The van der Waals surface area contributed by atoms with Gasteiger partial charge in [0, 0.05) is 47.6 Å². The van der Waals surface area contributed by atoms with Gasteiger partial charge in [0.15, 0.2) is 17.5 Å². The van der Waals surface area contributed by atoms with E-state index < -0.39 is 6.04 Å². The highest BCUT2D eigenvalue weighted by Gasteiger charge is 2.18. The highest BCUT2D eigenvalue weighted by atomic mass is 32.1. The summed E-state index contributed by atoms with van der Waals surface area (Å²) in [4.78, 5) is 15.0. The predicted octanol–water partition coefficient (Wildman–Crippen LogP) is 12.5. The van der Waals surface area contributed by atoms with E-state index in [4.69, 9.17) is 29.0 Å². The van der Waals surface area contributed by atoms with Gasteiger partial charge in [-0.3, -0.25) is 0 Å². The van der Waals surface area contributed by atoms with Gasteiger partial charge in [0.25, 0.3) is 0 Å². The maximum Gasteiger partial charge on any atom is 0.164 e. The molecular formula is C45H27N3OS. The Morgan fingerprint density at radius 1 is 0.420 bits per heavy atom. The number of para-hydroxylation sites is 1. The summed E-state index contributed by atoms with van der Waals surface area (Å²) in [5.74, 6) is 1.34. The second-order valence-corrected chi connectivity index (χ2v) is 12.9. The van der Waals surface area contributed by atoms with Gasteiger partial charge in [-0.05, 0) is 46.5 Å². The van der Waals surface area contributed by atoms with Crippen LogP contribution >= 0.6 is 11.3 Å². The average Bonchev–Trinajstić information content (AvgIpc) is 3.84. The Balaban J connectivity index is 1.15. The lowest BCUT2D eigenvalue weighted by molar-refractivity contribution is 0.669. The van der Waals surface area contributed by atoms with Crippen LogP contribution in [0.4, 0.5) is 0 Å². The summed E-state index contributed by atoms with van der Waals surface area (Å²) >= 11 is 1.05. The molecule has 0 bridgehead atoms. The second-order valence-electron chi connectivity index (χ2n) is 11.9. The molecule has 3 heterocycles. The van der Waals surface area contributed by atoms with Crippen LogP contribution in [0.3, 0.4) is 0 Å². The normalized spacial score (nSPS) is 13.6. The summed E-state index contributed by atoms with van der Waals surface area (Å²) in [7, 11) is 0. The van der Waals surface area contributed by atoms with Gasteiger partial charge >= 0.3 is 0 Å². The van der Waals surface area contributed by atoms with Crippen LogP contribution in [0.1, 0.15) is 9.60 Å². The van der Waals surface area contributed by atoms with Crippen LogP contribution in [0, 0.1) is 0 Å². The molecule has 0 N–H and O–H groups in total. The Morgan fingerprint density at radius 3 is 1.84 bits per heavy atom. The molecule has 5 heteroatoms. The molecule has 0 radical (unpaired) electrons. The van der Waals surface area contributed by atoms with E-state index in [0.29, 0.717) is 49.8 Å². The number of hydrogen-bond acceptors (Lipinski definition) is 5. The van der Waals surface area contributed by atoms with Crippen molar-refractivity contribution in [2.75, 3.05) is 0 Å². The summed E-state index contributed by atoms with van der Waals surface area (Å²) in [6, 6.07) is 37.3. The molecule has 10 rings (SSSR count). The zero-order valence-corrected chi connectivity index (χ0v) is 27.0. The molecule has 10 aromatic rings. The molecule has 234 valence electrons. The summed E-state index contributed by atoms with van der Waals surface area (Å²) in [5, 5.41) is 2.44. The van der Waals surface area contributed by atoms with E-state index in [1.54, 1.807) is 12.1 Å². The fourth-order valence-electron chi connectivity index (χ4n) is 6.52. The number of fused-ring (bicyclic) bond motifs is 6. The molecule has 0 atom stereocenters. The van der Waals surface area contributed by atoms with Gasteiger partial charge < -0.3 is 4.42 Å². The first-order valence-electron chi connectivity index (χ1n) is 19.5. The van der Waals surface area contributed by atoms with Crippen molar-refractivity contribution >= 4 is 53.4 Å². The molecule has 4 nitrogen and oxygen atoms in total. The van der Waals surface area contributed by atoms with Crippen molar-refractivity contribution in [1.82, 2.24) is 15.0 Å². The molecule has 0 aliphatic carbocycles. The fraction of sp³-hybridized carbons (Fsp3) is 0. The van der Waals surface area contributed by atoms with Crippen molar-refractivity contribution in [3.8, 4) is 56.4 Å². The van der Waals surface area contributed by atoms with Crippen LogP contribution in [0.2, 0.25) is 0 Å². The molecule has 0 saturated heterocycles. The molecule has 0 amide bonds. The number of rotatable bonds is 5. The van der Waals surface area contributed by atoms with Gasteiger partial charge in [0.1, 0.15) is 11.2 Å². The van der Waals surface area contributed by atoms with Crippen molar-refractivity contribution in [1.29, 1.82) is 0 Å². The number of nitrogens with zero attached hydrogens (tertiary/aromatic N) is 3. The van der Waals surface area contributed by atoms with Crippen molar-refractivity contribution in [2.45, 2.75) is 0 Å². The van der Waals surface area contributed by atoms with Gasteiger partial charge in [0.05, 0.1) is 9.60 Å². The minimum atomic E-state index is -0.392. The molecule has 0 unspecified atom stereocenters. The van der Waals surface area contributed by atoms with E-state index in [0.717, 1.165) is 49.9 Å². The number of furan rings is 1. The van der Waals surface area contributed by atoms with E-state index in [9.17, 15) is 0 Å². The van der Waals surface area contributed by atoms with Crippen LogP contribution in [0.15, 0.2) is 168 Å². The maximum absolute atomic E-state index is 9.00. The van der Waals surface area contributed by atoms with Gasteiger partial charge in [-0.15, -0.1) is 11.3 Å². The fourth-order valence-corrected chi connectivity index (χ4v) is 7.49. The van der Waals surface area contributed by atoms with Crippen molar-refractivity contribution in [3.05, 3.63) is 164 Å². The molecule has 0 aliphatic heterocycles. The minimum absolute atomic E-state index is 0.184. The molecule has 50 heavy (non-hydrogen) atoms. The van der Waals surface area contributed by atoms with Crippen molar-refractivity contribution < 1.29 is 14.0 Å². The summed E-state index contributed by atoms with van der Waals surface area (Å²) < 4.78 is 67.1. The van der Waals surface area contributed by atoms with E-state index in [2.05, 4.69) is 12.1 Å². The van der Waals surface area contributed by atoms with E-state index >= 15 is 0 Å². The molecule has 0 saturated carbocycles. The minimum Gasteiger partial charge on any atom is -0.456 e. The van der Waals surface area contributed by atoms with Crippen LogP contribution in [-0.4, -0.2) is 15.0 Å². The summed E-state index contributed by atoms with van der Waals surface area (Å²) in [6.45, 7) is 0. The standard InChI is InChI=1S/C45H27N3OS/c1-2-10-28(11-3-1)29-20-24-31(25-21-29)43-46-44(48-45(47-43)36-15-8-17-38-41(36)34-12-4-6-16-37(34)49-38)32-26-22-30(23-27-32)33-14-9-19-40-42(33)35-13-5-7-18-39(35)50-40/h1-27H/i5D,7D,9D,13D,14D,18D,19D. The number of thiophene rings is 1. The second kappa shape index (κ2) is 11.6. The van der Waals surface area contributed by atoms with Crippen LogP contribution in [0.5, 0.6) is 0 Å². The Kier molecular flexibility index (Phi) is 5.17. The summed E-state index contributed by atoms with van der Waals surface area (Å²) in [5.41, 5.74) is 6.75. The van der Waals surface area contributed by atoms with Crippen LogP contribution < -0.4 is 0 Å².